The number of carbonyl (C=O) groups excluding carboxylic acids is 2. The topological polar surface area (TPSA) is 49.4 Å². The number of amides is 2. The van der Waals surface area contributed by atoms with Gasteiger partial charge < -0.3 is 10.2 Å². The Labute approximate surface area is 158 Å². The summed E-state index contributed by atoms with van der Waals surface area (Å²) in [5.74, 6) is 0.513. The summed E-state index contributed by atoms with van der Waals surface area (Å²) in [5.41, 5.74) is 2.13. The molecule has 0 saturated heterocycles. The molecular weight excluding hydrogens is 324 g/mol. The predicted molar refractivity (Wildman–Crippen MR) is 107 cm³/mol. The number of hydrogen-bond acceptors (Lipinski definition) is 2. The standard InChI is InChI=1S/C22H34N2O2/c1-4-15-24(16-5-2)22(26)19-11-9-18(10-12-19)21(25)23-20-13-7-17(6-3)8-14-20/h7-8,13-14,18-19H,4-6,9-12,15-16H2,1-3H3,(H,23,25). The number of nitrogens with one attached hydrogen (secondary N) is 1. The molecule has 0 unspecified atom stereocenters. The van der Waals surface area contributed by atoms with Crippen molar-refractivity contribution in [1.82, 2.24) is 4.90 Å². The molecule has 1 aliphatic rings. The van der Waals surface area contributed by atoms with Gasteiger partial charge in [0.25, 0.3) is 0 Å². The smallest absolute Gasteiger partial charge is 0.227 e. The Morgan fingerprint density at radius 2 is 1.46 bits per heavy atom. The van der Waals surface area contributed by atoms with E-state index >= 15 is 0 Å². The first kappa shape index (κ1) is 20.5. The Bertz CT molecular complexity index is 568. The van der Waals surface area contributed by atoms with E-state index in [-0.39, 0.29) is 17.7 Å². The Balaban J connectivity index is 1.84. The highest BCUT2D eigenvalue weighted by molar-refractivity contribution is 5.92. The molecule has 0 spiro atoms. The van der Waals surface area contributed by atoms with Crippen LogP contribution in [0.5, 0.6) is 0 Å². The maximum Gasteiger partial charge on any atom is 0.227 e. The van der Waals surface area contributed by atoms with Crippen LogP contribution in [0.3, 0.4) is 0 Å². The first-order chi connectivity index (χ1) is 12.6. The first-order valence-corrected chi connectivity index (χ1v) is 10.3. The number of nitrogens with zero attached hydrogens (tertiary/aromatic N) is 1. The highest BCUT2D eigenvalue weighted by Gasteiger charge is 2.31. The molecule has 26 heavy (non-hydrogen) atoms. The number of aryl methyl sites for hydroxylation is 1. The Morgan fingerprint density at radius 1 is 0.923 bits per heavy atom. The number of benzene rings is 1. The van der Waals surface area contributed by atoms with Gasteiger partial charge in [0.1, 0.15) is 0 Å². The summed E-state index contributed by atoms with van der Waals surface area (Å²) in [6, 6.07) is 8.06. The summed E-state index contributed by atoms with van der Waals surface area (Å²) < 4.78 is 0. The van der Waals surface area contributed by atoms with Crippen molar-refractivity contribution in [3.8, 4) is 0 Å². The predicted octanol–water partition coefficient (Wildman–Crippen LogP) is 4.64. The molecule has 2 rings (SSSR count). The van der Waals surface area contributed by atoms with Crippen LogP contribution >= 0.6 is 0 Å². The van der Waals surface area contributed by atoms with E-state index in [9.17, 15) is 9.59 Å². The van der Waals surface area contributed by atoms with Crippen molar-refractivity contribution >= 4 is 17.5 Å². The SMILES string of the molecule is CCCN(CCC)C(=O)C1CCC(C(=O)Nc2ccc(CC)cc2)CC1. The van der Waals surface area contributed by atoms with Gasteiger partial charge in [-0.05, 0) is 62.6 Å². The van der Waals surface area contributed by atoms with Gasteiger partial charge in [-0.3, -0.25) is 9.59 Å². The minimum absolute atomic E-state index is 0.0238. The van der Waals surface area contributed by atoms with E-state index in [1.165, 1.54) is 5.56 Å². The van der Waals surface area contributed by atoms with Crippen molar-refractivity contribution in [2.45, 2.75) is 65.7 Å². The summed E-state index contributed by atoms with van der Waals surface area (Å²) in [7, 11) is 0. The Hall–Kier alpha value is -1.84. The lowest BCUT2D eigenvalue weighted by Crippen LogP contribution is -2.39. The number of rotatable bonds is 8. The average molecular weight is 359 g/mol. The first-order valence-electron chi connectivity index (χ1n) is 10.3. The van der Waals surface area contributed by atoms with Crippen LogP contribution in [0, 0.1) is 11.8 Å². The Morgan fingerprint density at radius 3 is 1.96 bits per heavy atom. The second kappa shape index (κ2) is 10.3. The highest BCUT2D eigenvalue weighted by Crippen LogP contribution is 2.31. The second-order valence-electron chi connectivity index (χ2n) is 7.41. The quantitative estimate of drug-likeness (QED) is 0.736. The van der Waals surface area contributed by atoms with Gasteiger partial charge in [0.05, 0.1) is 0 Å². The third-order valence-electron chi connectivity index (χ3n) is 5.38. The van der Waals surface area contributed by atoms with E-state index in [0.717, 1.165) is 63.7 Å². The summed E-state index contributed by atoms with van der Waals surface area (Å²) >= 11 is 0. The highest BCUT2D eigenvalue weighted by atomic mass is 16.2. The molecule has 0 aromatic heterocycles. The maximum atomic E-state index is 12.7. The molecular formula is C22H34N2O2. The fourth-order valence-electron chi connectivity index (χ4n) is 3.80. The van der Waals surface area contributed by atoms with E-state index in [2.05, 4.69) is 38.2 Å². The van der Waals surface area contributed by atoms with Crippen LogP contribution in [0.25, 0.3) is 0 Å². The van der Waals surface area contributed by atoms with Crippen molar-refractivity contribution in [3.05, 3.63) is 29.8 Å². The number of carbonyl (C=O) groups is 2. The minimum Gasteiger partial charge on any atom is -0.342 e. The lowest BCUT2D eigenvalue weighted by molar-refractivity contribution is -0.138. The lowest BCUT2D eigenvalue weighted by atomic mass is 9.80. The van der Waals surface area contributed by atoms with E-state index < -0.39 is 0 Å². The average Bonchev–Trinajstić information content (AvgIpc) is 2.68. The van der Waals surface area contributed by atoms with E-state index in [1.807, 2.05) is 17.0 Å². The normalized spacial score (nSPS) is 19.8. The molecule has 4 nitrogen and oxygen atoms in total. The van der Waals surface area contributed by atoms with Gasteiger partial charge in [-0.25, -0.2) is 0 Å². The van der Waals surface area contributed by atoms with Crippen LogP contribution in [-0.4, -0.2) is 29.8 Å². The number of anilines is 1. The lowest BCUT2D eigenvalue weighted by Gasteiger charge is -2.31. The molecule has 1 aromatic carbocycles. The molecule has 0 atom stereocenters. The van der Waals surface area contributed by atoms with Crippen LogP contribution in [0.15, 0.2) is 24.3 Å². The monoisotopic (exact) mass is 358 g/mol. The molecule has 1 aliphatic carbocycles. The number of hydrogen-bond donors (Lipinski definition) is 1. The molecule has 0 heterocycles. The van der Waals surface area contributed by atoms with Crippen molar-refractivity contribution in [2.75, 3.05) is 18.4 Å². The fraction of sp³-hybridized carbons (Fsp3) is 0.636. The third-order valence-corrected chi connectivity index (χ3v) is 5.38. The van der Waals surface area contributed by atoms with E-state index in [1.54, 1.807) is 0 Å². The van der Waals surface area contributed by atoms with Gasteiger partial charge in [-0.2, -0.15) is 0 Å². The molecule has 1 saturated carbocycles. The zero-order valence-corrected chi connectivity index (χ0v) is 16.6. The molecule has 0 radical (unpaired) electrons. The van der Waals surface area contributed by atoms with Gasteiger partial charge >= 0.3 is 0 Å². The van der Waals surface area contributed by atoms with Crippen molar-refractivity contribution < 1.29 is 9.59 Å². The Kier molecular flexibility index (Phi) is 8.14. The molecule has 4 heteroatoms. The van der Waals surface area contributed by atoms with Gasteiger partial charge in [0.15, 0.2) is 0 Å². The second-order valence-corrected chi connectivity index (χ2v) is 7.41. The summed E-state index contributed by atoms with van der Waals surface area (Å²) in [6.45, 7) is 8.05. The molecule has 1 aromatic rings. The van der Waals surface area contributed by atoms with Crippen LogP contribution < -0.4 is 5.32 Å². The summed E-state index contributed by atoms with van der Waals surface area (Å²) in [5, 5.41) is 3.04. The molecule has 0 bridgehead atoms. The molecule has 1 N–H and O–H groups in total. The summed E-state index contributed by atoms with van der Waals surface area (Å²) in [4.78, 5) is 27.3. The van der Waals surface area contributed by atoms with E-state index in [0.29, 0.717) is 5.91 Å². The van der Waals surface area contributed by atoms with Crippen molar-refractivity contribution in [3.63, 3.8) is 0 Å². The molecule has 2 amide bonds. The molecule has 0 aliphatic heterocycles. The molecule has 1 fully saturated rings. The largest absolute Gasteiger partial charge is 0.342 e. The zero-order chi connectivity index (χ0) is 18.9. The van der Waals surface area contributed by atoms with Crippen molar-refractivity contribution in [1.29, 1.82) is 0 Å². The van der Waals surface area contributed by atoms with Gasteiger partial charge in [-0.15, -0.1) is 0 Å². The fourth-order valence-corrected chi connectivity index (χ4v) is 3.80. The molecule has 144 valence electrons. The van der Waals surface area contributed by atoms with Crippen LogP contribution in [0.2, 0.25) is 0 Å². The van der Waals surface area contributed by atoms with Gasteiger partial charge in [0, 0.05) is 30.6 Å². The van der Waals surface area contributed by atoms with Crippen LogP contribution in [0.1, 0.15) is 64.9 Å². The third kappa shape index (κ3) is 5.58. The van der Waals surface area contributed by atoms with E-state index in [4.69, 9.17) is 0 Å². The zero-order valence-electron chi connectivity index (χ0n) is 16.6. The summed E-state index contributed by atoms with van der Waals surface area (Å²) in [6.07, 6.45) is 6.27. The van der Waals surface area contributed by atoms with Gasteiger partial charge in [0.2, 0.25) is 11.8 Å². The van der Waals surface area contributed by atoms with Crippen LogP contribution in [0.4, 0.5) is 5.69 Å². The van der Waals surface area contributed by atoms with Crippen molar-refractivity contribution in [2.24, 2.45) is 11.8 Å². The maximum absolute atomic E-state index is 12.7. The van der Waals surface area contributed by atoms with Crippen LogP contribution in [-0.2, 0) is 16.0 Å². The minimum atomic E-state index is 0.0238. The van der Waals surface area contributed by atoms with Gasteiger partial charge in [-0.1, -0.05) is 32.9 Å².